The predicted molar refractivity (Wildman–Crippen MR) is 101 cm³/mol. The molecular weight excluding hydrogens is 510 g/mol. The topological polar surface area (TPSA) is 55.4 Å². The first-order valence-corrected chi connectivity index (χ1v) is 10.5. The van der Waals surface area contributed by atoms with Crippen molar-refractivity contribution in [2.45, 2.75) is 33.8 Å². The summed E-state index contributed by atoms with van der Waals surface area (Å²) in [7, 11) is -4.36. The minimum Gasteiger partial charge on any atom is -0.487 e. The van der Waals surface area contributed by atoms with E-state index in [0.29, 0.717) is 6.07 Å². The zero-order chi connectivity index (χ0) is 23.7. The van der Waals surface area contributed by atoms with Crippen LogP contribution in [0.3, 0.4) is 0 Å². The number of hydrogen-bond donors (Lipinski definition) is 1. The maximum Gasteiger partial charge on any atom is 0.435 e. The summed E-state index contributed by atoms with van der Waals surface area (Å²) >= 11 is 0. The third-order valence-electron chi connectivity index (χ3n) is 5.73. The van der Waals surface area contributed by atoms with E-state index in [1.807, 2.05) is 0 Å². The Morgan fingerprint density at radius 1 is 0.939 bits per heavy atom. The number of fused-ring (bicyclic) bond motifs is 3. The molecule has 2 aromatic carbocycles. The Morgan fingerprint density at radius 3 is 2.06 bits per heavy atom. The van der Waals surface area contributed by atoms with Crippen LogP contribution in [0.5, 0.6) is 5.75 Å². The van der Waals surface area contributed by atoms with Gasteiger partial charge in [0.2, 0.25) is 0 Å². The van der Waals surface area contributed by atoms with E-state index in [1.54, 1.807) is 0 Å². The first kappa shape index (κ1) is 25.5. The number of ether oxygens (including phenoxy) is 1. The van der Waals surface area contributed by atoms with Crippen molar-refractivity contribution in [1.29, 1.82) is 0 Å². The van der Waals surface area contributed by atoms with E-state index < -0.39 is 55.8 Å². The third-order valence-corrected chi connectivity index (χ3v) is 8.21. The van der Waals surface area contributed by atoms with Gasteiger partial charge in [0.1, 0.15) is 17.7 Å². The summed E-state index contributed by atoms with van der Waals surface area (Å²) in [5.74, 6) is -1.32. The molecule has 1 N–H and O–H groups in total. The highest BCUT2D eigenvalue weighted by Crippen LogP contribution is 2.56. The molecule has 4 rings (SSSR count). The van der Waals surface area contributed by atoms with Gasteiger partial charge in [0.15, 0.2) is 14.6 Å². The summed E-state index contributed by atoms with van der Waals surface area (Å²) in [6, 6.07) is 4.95. The number of alkyl halides is 7. The Kier molecular flexibility index (Phi) is 5.95. The smallest absolute Gasteiger partial charge is 0.435 e. The standard InChI is InChI=1S/C19H13F8NO3S.ClH/c20-11-2-4-12(5-3-11)32(29,30)16-9-28-8-15(16)31-14-7-10(1-6-13(14)16)17(21,18(22,23)24)19(25,26)27;/h1-7,15,28H,8-9H2;1H. The van der Waals surface area contributed by atoms with Gasteiger partial charge in [-0.1, -0.05) is 12.1 Å². The number of rotatable bonds is 3. The van der Waals surface area contributed by atoms with Crippen molar-refractivity contribution >= 4 is 22.2 Å². The second kappa shape index (κ2) is 7.70. The van der Waals surface area contributed by atoms with Crippen molar-refractivity contribution in [2.75, 3.05) is 13.1 Å². The highest BCUT2D eigenvalue weighted by Gasteiger charge is 2.74. The van der Waals surface area contributed by atoms with Crippen molar-refractivity contribution in [3.63, 3.8) is 0 Å². The Balaban J connectivity index is 0.00000306. The van der Waals surface area contributed by atoms with Crippen LogP contribution in [0.25, 0.3) is 0 Å². The summed E-state index contributed by atoms with van der Waals surface area (Å²) in [5, 5.41) is 2.77. The van der Waals surface area contributed by atoms with Crippen LogP contribution in [0.4, 0.5) is 35.1 Å². The van der Waals surface area contributed by atoms with Crippen LogP contribution in [0.15, 0.2) is 47.4 Å². The average molecular weight is 524 g/mol. The van der Waals surface area contributed by atoms with Gasteiger partial charge in [-0.2, -0.15) is 26.3 Å². The van der Waals surface area contributed by atoms with Gasteiger partial charge in [-0.25, -0.2) is 17.2 Å². The molecule has 0 bridgehead atoms. The first-order chi connectivity index (χ1) is 14.7. The summed E-state index contributed by atoms with van der Waals surface area (Å²) in [6.45, 7) is -0.368. The predicted octanol–water partition coefficient (Wildman–Crippen LogP) is 4.57. The van der Waals surface area contributed by atoms with Crippen LogP contribution in [0.1, 0.15) is 11.1 Å². The van der Waals surface area contributed by atoms with Gasteiger partial charge in [-0.05, 0) is 30.3 Å². The second-order valence-electron chi connectivity index (χ2n) is 7.45. The minimum atomic E-state index is -6.33. The van der Waals surface area contributed by atoms with Crippen LogP contribution in [-0.4, -0.2) is 40.0 Å². The summed E-state index contributed by atoms with van der Waals surface area (Å²) in [6.07, 6.45) is -13.9. The molecule has 4 nitrogen and oxygen atoms in total. The van der Waals surface area contributed by atoms with Crippen molar-refractivity contribution in [3.8, 4) is 5.75 Å². The summed E-state index contributed by atoms with van der Waals surface area (Å²) < 4.78 is 137. The molecule has 0 spiro atoms. The van der Waals surface area contributed by atoms with Crippen molar-refractivity contribution in [2.24, 2.45) is 0 Å². The average Bonchev–Trinajstić information content (AvgIpc) is 3.23. The van der Waals surface area contributed by atoms with Gasteiger partial charge < -0.3 is 10.1 Å². The number of benzene rings is 2. The van der Waals surface area contributed by atoms with Gasteiger partial charge in [0.25, 0.3) is 0 Å². The lowest BCUT2D eigenvalue weighted by Gasteiger charge is -2.31. The molecule has 182 valence electrons. The van der Waals surface area contributed by atoms with Crippen molar-refractivity contribution in [3.05, 3.63) is 59.4 Å². The molecule has 33 heavy (non-hydrogen) atoms. The van der Waals surface area contributed by atoms with E-state index in [1.165, 1.54) is 0 Å². The van der Waals surface area contributed by atoms with Crippen LogP contribution < -0.4 is 10.1 Å². The summed E-state index contributed by atoms with van der Waals surface area (Å²) in [4.78, 5) is -0.321. The van der Waals surface area contributed by atoms with Crippen LogP contribution in [0.2, 0.25) is 0 Å². The van der Waals surface area contributed by atoms with Gasteiger partial charge in [-0.15, -0.1) is 12.4 Å². The molecule has 0 saturated carbocycles. The third kappa shape index (κ3) is 3.38. The van der Waals surface area contributed by atoms with Crippen LogP contribution >= 0.6 is 12.4 Å². The molecule has 0 aromatic heterocycles. The monoisotopic (exact) mass is 523 g/mol. The van der Waals surface area contributed by atoms with E-state index in [9.17, 15) is 43.5 Å². The Hall–Kier alpha value is -2.12. The van der Waals surface area contributed by atoms with Gasteiger partial charge >= 0.3 is 18.0 Å². The normalized spacial score (nSPS) is 22.8. The molecule has 0 aliphatic carbocycles. The van der Waals surface area contributed by atoms with E-state index in [2.05, 4.69) is 5.32 Å². The molecule has 2 aliphatic rings. The molecule has 2 unspecified atom stereocenters. The molecule has 2 atom stereocenters. The lowest BCUT2D eigenvalue weighted by molar-refractivity contribution is -0.348. The van der Waals surface area contributed by atoms with Crippen molar-refractivity contribution < 1.29 is 48.3 Å². The summed E-state index contributed by atoms with van der Waals surface area (Å²) in [5.41, 5.74) is -7.68. The molecule has 0 amide bonds. The lowest BCUT2D eigenvalue weighted by atomic mass is 9.90. The highest BCUT2D eigenvalue weighted by atomic mass is 35.5. The zero-order valence-corrected chi connectivity index (χ0v) is 17.7. The molecule has 0 radical (unpaired) electrons. The van der Waals surface area contributed by atoms with Crippen LogP contribution in [0, 0.1) is 5.82 Å². The zero-order valence-electron chi connectivity index (χ0n) is 16.1. The minimum absolute atomic E-state index is 0. The Bertz CT molecular complexity index is 1150. The van der Waals surface area contributed by atoms with E-state index >= 15 is 0 Å². The van der Waals surface area contributed by atoms with E-state index in [-0.39, 0.29) is 48.1 Å². The van der Waals surface area contributed by atoms with Crippen LogP contribution in [-0.2, 0) is 20.3 Å². The first-order valence-electron chi connectivity index (χ1n) is 9.01. The molecule has 2 heterocycles. The van der Waals surface area contributed by atoms with E-state index in [4.69, 9.17) is 4.74 Å². The molecule has 1 fully saturated rings. The lowest BCUT2D eigenvalue weighted by Crippen LogP contribution is -2.50. The highest BCUT2D eigenvalue weighted by molar-refractivity contribution is 7.92. The molecular formula is C19H14ClF8NO3S. The fourth-order valence-corrected chi connectivity index (χ4v) is 6.28. The number of nitrogens with one attached hydrogen (secondary N) is 1. The Morgan fingerprint density at radius 2 is 1.52 bits per heavy atom. The molecule has 14 heteroatoms. The maximum atomic E-state index is 14.5. The van der Waals surface area contributed by atoms with E-state index in [0.717, 1.165) is 24.3 Å². The van der Waals surface area contributed by atoms with Gasteiger partial charge in [0.05, 0.1) is 4.90 Å². The molecule has 1 saturated heterocycles. The van der Waals surface area contributed by atoms with Crippen molar-refractivity contribution in [1.82, 2.24) is 5.32 Å². The SMILES string of the molecule is Cl.O=S(=O)(c1ccc(F)cc1)C12CNCC1Oc1cc(C(F)(C(F)(F)F)C(F)(F)F)ccc12. The number of sulfone groups is 1. The fraction of sp³-hybridized carbons (Fsp3) is 0.368. The largest absolute Gasteiger partial charge is 0.487 e. The quantitative estimate of drug-likeness (QED) is 0.473. The Labute approximate surface area is 188 Å². The number of hydrogen-bond acceptors (Lipinski definition) is 4. The van der Waals surface area contributed by atoms with Gasteiger partial charge in [-0.3, -0.25) is 0 Å². The fourth-order valence-electron chi connectivity index (χ4n) is 4.14. The second-order valence-corrected chi connectivity index (χ2v) is 9.66. The maximum absolute atomic E-state index is 14.5. The molecule has 2 aliphatic heterocycles. The van der Waals surface area contributed by atoms with Gasteiger partial charge in [0, 0.05) is 24.2 Å². The molecule has 2 aromatic rings. The number of halogens is 9.